The topological polar surface area (TPSA) is 87.0 Å². The van der Waals surface area contributed by atoms with Gasteiger partial charge in [-0.15, -0.1) is 0 Å². The summed E-state index contributed by atoms with van der Waals surface area (Å²) >= 11 is 2.14. The fraction of sp³-hybridized carbons (Fsp3) is 0.250. The normalized spacial score (nSPS) is 12.4. The molecule has 0 fully saturated rings. The molecule has 0 saturated carbocycles. The fourth-order valence-corrected chi connectivity index (χ4v) is 2.23. The minimum Gasteiger partial charge on any atom is -0.383 e. The Hall–Kier alpha value is -1.64. The molecule has 0 amide bonds. The summed E-state index contributed by atoms with van der Waals surface area (Å²) in [6, 6.07) is 6.37. The molecule has 7 heteroatoms. The SMILES string of the molecule is Cc1nn(C(C)c2cccc([N+](=O)[O-])c2)c(N)c1I. The summed E-state index contributed by atoms with van der Waals surface area (Å²) < 4.78 is 2.60. The molecular formula is C12H13IN4O2. The van der Waals surface area contributed by atoms with Crippen molar-refractivity contribution in [1.29, 1.82) is 0 Å². The lowest BCUT2D eigenvalue weighted by Crippen LogP contribution is -2.12. The van der Waals surface area contributed by atoms with E-state index in [2.05, 4.69) is 27.7 Å². The van der Waals surface area contributed by atoms with Crippen molar-refractivity contribution in [2.75, 3.05) is 5.73 Å². The Kier molecular flexibility index (Phi) is 3.74. The molecule has 0 aliphatic rings. The summed E-state index contributed by atoms with van der Waals surface area (Å²) in [5.74, 6) is 0.581. The molecule has 0 saturated heterocycles. The van der Waals surface area contributed by atoms with Crippen molar-refractivity contribution < 1.29 is 4.92 Å². The van der Waals surface area contributed by atoms with E-state index in [1.807, 2.05) is 19.9 Å². The molecular weight excluding hydrogens is 359 g/mol. The zero-order valence-corrected chi connectivity index (χ0v) is 12.7. The van der Waals surface area contributed by atoms with E-state index in [9.17, 15) is 10.1 Å². The van der Waals surface area contributed by atoms with Gasteiger partial charge < -0.3 is 5.73 Å². The number of hydrogen-bond acceptors (Lipinski definition) is 4. The van der Waals surface area contributed by atoms with E-state index in [-0.39, 0.29) is 11.7 Å². The maximum Gasteiger partial charge on any atom is 0.269 e. The lowest BCUT2D eigenvalue weighted by molar-refractivity contribution is -0.384. The predicted molar refractivity (Wildman–Crippen MR) is 81.0 cm³/mol. The number of nitro groups is 1. The molecule has 100 valence electrons. The van der Waals surface area contributed by atoms with Gasteiger partial charge in [0, 0.05) is 12.1 Å². The van der Waals surface area contributed by atoms with Crippen LogP contribution in [0.5, 0.6) is 0 Å². The second-order valence-electron chi connectivity index (χ2n) is 4.26. The van der Waals surface area contributed by atoms with Gasteiger partial charge in [0.15, 0.2) is 0 Å². The van der Waals surface area contributed by atoms with Crippen LogP contribution in [0, 0.1) is 20.6 Å². The number of hydrogen-bond donors (Lipinski definition) is 1. The highest BCUT2D eigenvalue weighted by atomic mass is 127. The Morgan fingerprint density at radius 2 is 2.21 bits per heavy atom. The van der Waals surface area contributed by atoms with Crippen molar-refractivity contribution in [2.24, 2.45) is 0 Å². The van der Waals surface area contributed by atoms with Gasteiger partial charge in [0.2, 0.25) is 0 Å². The second kappa shape index (κ2) is 5.16. The monoisotopic (exact) mass is 372 g/mol. The quantitative estimate of drug-likeness (QED) is 0.510. The maximum atomic E-state index is 10.8. The molecule has 1 heterocycles. The highest BCUT2D eigenvalue weighted by molar-refractivity contribution is 14.1. The zero-order valence-electron chi connectivity index (χ0n) is 10.5. The van der Waals surface area contributed by atoms with Crippen molar-refractivity contribution >= 4 is 34.1 Å². The van der Waals surface area contributed by atoms with Crippen molar-refractivity contribution in [1.82, 2.24) is 9.78 Å². The first-order chi connectivity index (χ1) is 8.91. The van der Waals surface area contributed by atoms with E-state index in [0.717, 1.165) is 14.8 Å². The van der Waals surface area contributed by atoms with Crippen LogP contribution in [0.2, 0.25) is 0 Å². The van der Waals surface area contributed by atoms with Crippen LogP contribution in [0.3, 0.4) is 0 Å². The lowest BCUT2D eigenvalue weighted by Gasteiger charge is -2.14. The van der Waals surface area contributed by atoms with Crippen LogP contribution < -0.4 is 5.73 Å². The molecule has 6 nitrogen and oxygen atoms in total. The van der Waals surface area contributed by atoms with Crippen LogP contribution in [0.25, 0.3) is 0 Å². The molecule has 0 spiro atoms. The first-order valence-corrected chi connectivity index (χ1v) is 6.74. The van der Waals surface area contributed by atoms with Crippen LogP contribution >= 0.6 is 22.6 Å². The first kappa shape index (κ1) is 13.8. The smallest absolute Gasteiger partial charge is 0.269 e. The standard InChI is InChI=1S/C12H13IN4O2/c1-7-11(13)12(14)16(15-7)8(2)9-4-3-5-10(6-9)17(18)19/h3-6,8H,14H2,1-2H3. The summed E-state index contributed by atoms with van der Waals surface area (Å²) in [6.07, 6.45) is 0. The molecule has 0 radical (unpaired) electrons. The number of nitrogens with zero attached hydrogens (tertiary/aromatic N) is 3. The van der Waals surface area contributed by atoms with Gasteiger partial charge in [-0.2, -0.15) is 5.10 Å². The number of aromatic nitrogens is 2. The number of non-ortho nitro benzene ring substituents is 1. The summed E-state index contributed by atoms with van der Waals surface area (Å²) in [4.78, 5) is 10.4. The number of nitrogens with two attached hydrogens (primary N) is 1. The van der Waals surface area contributed by atoms with Gasteiger partial charge in [0.05, 0.1) is 20.2 Å². The van der Waals surface area contributed by atoms with Crippen molar-refractivity contribution in [3.63, 3.8) is 0 Å². The molecule has 1 aromatic carbocycles. The number of benzene rings is 1. The summed E-state index contributed by atoms with van der Waals surface area (Å²) in [5, 5.41) is 15.2. The van der Waals surface area contributed by atoms with E-state index in [0.29, 0.717) is 5.82 Å². The van der Waals surface area contributed by atoms with Gasteiger partial charge in [-0.1, -0.05) is 12.1 Å². The van der Waals surface area contributed by atoms with E-state index in [1.54, 1.807) is 16.8 Å². The van der Waals surface area contributed by atoms with E-state index >= 15 is 0 Å². The van der Waals surface area contributed by atoms with Gasteiger partial charge in [0.1, 0.15) is 5.82 Å². The van der Waals surface area contributed by atoms with Gasteiger partial charge in [-0.25, -0.2) is 4.68 Å². The molecule has 2 aromatic rings. The second-order valence-corrected chi connectivity index (χ2v) is 5.34. The van der Waals surface area contributed by atoms with Crippen molar-refractivity contribution in [3.8, 4) is 0 Å². The Morgan fingerprint density at radius 3 is 2.74 bits per heavy atom. The first-order valence-electron chi connectivity index (χ1n) is 5.66. The Labute approximate surface area is 123 Å². The molecule has 0 bridgehead atoms. The van der Waals surface area contributed by atoms with Gasteiger partial charge in [0.25, 0.3) is 5.69 Å². The third-order valence-electron chi connectivity index (χ3n) is 2.98. The predicted octanol–water partition coefficient (Wildman–Crippen LogP) is 2.90. The molecule has 1 unspecified atom stereocenters. The molecule has 0 aliphatic carbocycles. The van der Waals surface area contributed by atoms with Crippen LogP contribution in [-0.2, 0) is 0 Å². The van der Waals surface area contributed by atoms with E-state index in [4.69, 9.17) is 5.73 Å². The Morgan fingerprint density at radius 1 is 1.53 bits per heavy atom. The maximum absolute atomic E-state index is 10.8. The summed E-state index contributed by atoms with van der Waals surface area (Å²) in [5.41, 5.74) is 7.73. The number of nitrogen functional groups attached to an aromatic ring is 1. The number of nitro benzene ring substituents is 1. The summed E-state index contributed by atoms with van der Waals surface area (Å²) in [6.45, 7) is 3.80. The zero-order chi connectivity index (χ0) is 14.2. The average molecular weight is 372 g/mol. The number of anilines is 1. The molecule has 19 heavy (non-hydrogen) atoms. The molecule has 2 N–H and O–H groups in total. The van der Waals surface area contributed by atoms with Crippen molar-refractivity contribution in [2.45, 2.75) is 19.9 Å². The molecule has 2 rings (SSSR count). The largest absolute Gasteiger partial charge is 0.383 e. The highest BCUT2D eigenvalue weighted by Gasteiger charge is 2.18. The van der Waals surface area contributed by atoms with Crippen LogP contribution in [-0.4, -0.2) is 14.7 Å². The Balaban J connectivity index is 2.43. The van der Waals surface area contributed by atoms with Crippen LogP contribution in [0.4, 0.5) is 11.5 Å². The van der Waals surface area contributed by atoms with E-state index < -0.39 is 4.92 Å². The highest BCUT2D eigenvalue weighted by Crippen LogP contribution is 2.27. The van der Waals surface area contributed by atoms with Gasteiger partial charge in [-0.3, -0.25) is 10.1 Å². The molecule has 0 aliphatic heterocycles. The van der Waals surface area contributed by atoms with Crippen LogP contribution in [0.15, 0.2) is 24.3 Å². The van der Waals surface area contributed by atoms with E-state index in [1.165, 1.54) is 6.07 Å². The summed E-state index contributed by atoms with van der Waals surface area (Å²) in [7, 11) is 0. The minimum absolute atomic E-state index is 0.0708. The number of rotatable bonds is 3. The number of aryl methyl sites for hydroxylation is 1. The average Bonchev–Trinajstić information content (AvgIpc) is 2.66. The third-order valence-corrected chi connectivity index (χ3v) is 4.31. The molecule has 1 atom stereocenters. The van der Waals surface area contributed by atoms with Crippen LogP contribution in [0.1, 0.15) is 24.2 Å². The lowest BCUT2D eigenvalue weighted by atomic mass is 10.1. The number of halogens is 1. The Bertz CT molecular complexity index is 639. The minimum atomic E-state index is -0.405. The van der Waals surface area contributed by atoms with Gasteiger partial charge in [-0.05, 0) is 42.0 Å². The van der Waals surface area contributed by atoms with Crippen molar-refractivity contribution in [3.05, 3.63) is 49.2 Å². The third kappa shape index (κ3) is 2.55. The molecule has 1 aromatic heterocycles. The van der Waals surface area contributed by atoms with Gasteiger partial charge >= 0.3 is 0 Å². The fourth-order valence-electron chi connectivity index (χ4n) is 1.88.